The van der Waals surface area contributed by atoms with Crippen LogP contribution in [0.15, 0.2) is 24.3 Å². The number of carbonyl (C=O) groups is 4. The molecule has 1 aromatic rings. The van der Waals surface area contributed by atoms with Gasteiger partial charge in [0.1, 0.15) is 11.8 Å². The number of aliphatic carboxylic acids is 2. The van der Waals surface area contributed by atoms with Gasteiger partial charge in [0.05, 0.1) is 5.69 Å². The highest BCUT2D eigenvalue weighted by atomic mass is 16.5. The summed E-state index contributed by atoms with van der Waals surface area (Å²) in [5.74, 6) is -2.82. The molecule has 9 nitrogen and oxygen atoms in total. The van der Waals surface area contributed by atoms with Gasteiger partial charge in [-0.25, -0.2) is 4.79 Å². The molecule has 0 bridgehead atoms. The molecule has 1 aromatic carbocycles. The third-order valence-electron chi connectivity index (χ3n) is 4.12. The lowest BCUT2D eigenvalue weighted by Crippen LogP contribution is -2.53. The fraction of sp³-hybridized carbons (Fsp3) is 0.444. The Labute approximate surface area is 155 Å². The van der Waals surface area contributed by atoms with Crippen molar-refractivity contribution in [3.05, 3.63) is 24.3 Å². The topological polar surface area (TPSA) is 133 Å². The summed E-state index contributed by atoms with van der Waals surface area (Å²) in [4.78, 5) is 48.0. The maximum absolute atomic E-state index is 12.6. The first-order valence-electron chi connectivity index (χ1n) is 8.46. The van der Waals surface area contributed by atoms with Crippen LogP contribution < -0.4 is 15.0 Å². The number of fused-ring (bicyclic) bond motifs is 1. The van der Waals surface area contributed by atoms with Gasteiger partial charge >= 0.3 is 11.9 Å². The van der Waals surface area contributed by atoms with Crippen LogP contribution in [0.4, 0.5) is 5.69 Å². The summed E-state index contributed by atoms with van der Waals surface area (Å²) in [5, 5.41) is 20.1. The molecule has 0 fully saturated rings. The fourth-order valence-corrected chi connectivity index (χ4v) is 2.75. The van der Waals surface area contributed by atoms with Crippen molar-refractivity contribution >= 4 is 29.4 Å². The minimum Gasteiger partial charge on any atom is -0.481 e. The zero-order valence-corrected chi connectivity index (χ0v) is 15.1. The Hall–Kier alpha value is -3.10. The molecule has 2 rings (SSSR count). The van der Waals surface area contributed by atoms with Crippen LogP contribution in [0.1, 0.15) is 33.1 Å². The molecule has 0 aliphatic carbocycles. The van der Waals surface area contributed by atoms with Gasteiger partial charge in [0.2, 0.25) is 5.91 Å². The van der Waals surface area contributed by atoms with Gasteiger partial charge in [-0.3, -0.25) is 14.4 Å². The second kappa shape index (κ2) is 8.07. The summed E-state index contributed by atoms with van der Waals surface area (Å²) < 4.78 is 5.69. The maximum Gasteiger partial charge on any atom is 0.326 e. The number of hydrogen-bond acceptors (Lipinski definition) is 5. The minimum atomic E-state index is -1.31. The molecule has 0 saturated carbocycles. The van der Waals surface area contributed by atoms with E-state index >= 15 is 0 Å². The average molecular weight is 378 g/mol. The van der Waals surface area contributed by atoms with Crippen LogP contribution in [-0.4, -0.2) is 52.2 Å². The summed E-state index contributed by atoms with van der Waals surface area (Å²) in [6.07, 6.45) is -0.726. The van der Waals surface area contributed by atoms with E-state index < -0.39 is 29.5 Å². The Kier molecular flexibility index (Phi) is 6.04. The number of hydrogen-bond donors (Lipinski definition) is 3. The first-order chi connectivity index (χ1) is 12.6. The van der Waals surface area contributed by atoms with Gasteiger partial charge in [-0.2, -0.15) is 0 Å². The van der Waals surface area contributed by atoms with Crippen molar-refractivity contribution in [3.8, 4) is 5.75 Å². The summed E-state index contributed by atoms with van der Waals surface area (Å²) in [7, 11) is 0. The van der Waals surface area contributed by atoms with E-state index in [4.69, 9.17) is 14.9 Å². The summed E-state index contributed by atoms with van der Waals surface area (Å²) >= 11 is 0. The number of nitrogens with one attached hydrogen (secondary N) is 1. The summed E-state index contributed by atoms with van der Waals surface area (Å²) in [6.45, 7) is 3.30. The number of nitrogens with zero attached hydrogens (tertiary/aromatic N) is 1. The zero-order chi connectivity index (χ0) is 20.2. The number of amides is 2. The lowest BCUT2D eigenvalue weighted by Gasteiger charge is -2.38. The van der Waals surface area contributed by atoms with E-state index in [1.807, 2.05) is 0 Å². The monoisotopic (exact) mass is 378 g/mol. The van der Waals surface area contributed by atoms with E-state index in [1.165, 1.54) is 4.90 Å². The third-order valence-corrected chi connectivity index (χ3v) is 4.12. The van der Waals surface area contributed by atoms with E-state index in [0.29, 0.717) is 11.4 Å². The van der Waals surface area contributed by atoms with E-state index in [2.05, 4.69) is 5.32 Å². The Morgan fingerprint density at radius 1 is 1.19 bits per heavy atom. The van der Waals surface area contributed by atoms with Crippen LogP contribution in [0, 0.1) is 0 Å². The normalized spacial score (nSPS) is 16.1. The highest BCUT2D eigenvalue weighted by molar-refractivity contribution is 6.02. The molecular weight excluding hydrogens is 356 g/mol. The van der Waals surface area contributed by atoms with Gasteiger partial charge in [-0.15, -0.1) is 0 Å². The largest absolute Gasteiger partial charge is 0.481 e. The molecule has 9 heteroatoms. The van der Waals surface area contributed by atoms with Gasteiger partial charge in [-0.1, -0.05) is 12.1 Å². The molecular formula is C18H22N2O7. The number of carbonyl (C=O) groups excluding carboxylic acids is 2. The van der Waals surface area contributed by atoms with Gasteiger partial charge in [0.25, 0.3) is 5.91 Å². The predicted octanol–water partition coefficient (Wildman–Crippen LogP) is 1.01. The van der Waals surface area contributed by atoms with Crippen LogP contribution in [0.3, 0.4) is 0 Å². The van der Waals surface area contributed by atoms with Gasteiger partial charge in [0, 0.05) is 19.4 Å². The van der Waals surface area contributed by atoms with Crippen LogP contribution >= 0.6 is 0 Å². The average Bonchev–Trinajstić information content (AvgIpc) is 2.58. The number of para-hydroxylation sites is 2. The fourth-order valence-electron chi connectivity index (χ4n) is 2.75. The second-order valence-electron chi connectivity index (χ2n) is 6.68. The molecule has 0 saturated heterocycles. The Morgan fingerprint density at radius 3 is 2.48 bits per heavy atom. The second-order valence-corrected chi connectivity index (χ2v) is 6.68. The lowest BCUT2D eigenvalue weighted by molar-refractivity contribution is -0.143. The van der Waals surface area contributed by atoms with Crippen molar-refractivity contribution in [1.82, 2.24) is 5.32 Å². The predicted molar refractivity (Wildman–Crippen MR) is 94.6 cm³/mol. The number of ether oxygens (including phenoxy) is 1. The van der Waals surface area contributed by atoms with Crippen molar-refractivity contribution in [2.75, 3.05) is 11.4 Å². The van der Waals surface area contributed by atoms with Gasteiger partial charge in [-0.05, 0) is 32.4 Å². The van der Waals surface area contributed by atoms with E-state index in [-0.39, 0.29) is 31.7 Å². The molecule has 3 N–H and O–H groups in total. The summed E-state index contributed by atoms with van der Waals surface area (Å²) in [6, 6.07) is 5.65. The molecule has 1 atom stereocenters. The molecule has 0 radical (unpaired) electrons. The Balaban J connectivity index is 2.04. The molecule has 1 unspecified atom stereocenters. The molecule has 0 spiro atoms. The van der Waals surface area contributed by atoms with Crippen LogP contribution in [0.2, 0.25) is 0 Å². The lowest BCUT2D eigenvalue weighted by atomic mass is 10.0. The van der Waals surface area contributed by atoms with Crippen molar-refractivity contribution in [3.63, 3.8) is 0 Å². The first kappa shape index (κ1) is 20.2. The van der Waals surface area contributed by atoms with E-state index in [9.17, 15) is 19.2 Å². The Bertz CT molecular complexity index is 760. The Morgan fingerprint density at radius 2 is 1.85 bits per heavy atom. The number of anilines is 1. The molecule has 146 valence electrons. The third kappa shape index (κ3) is 4.96. The van der Waals surface area contributed by atoms with Crippen LogP contribution in [0.5, 0.6) is 5.75 Å². The van der Waals surface area contributed by atoms with Gasteiger partial charge < -0.3 is 25.2 Å². The van der Waals surface area contributed by atoms with Crippen LogP contribution in [0.25, 0.3) is 0 Å². The summed E-state index contributed by atoms with van der Waals surface area (Å²) in [5.41, 5.74) is -0.550. The number of benzene rings is 1. The quantitative estimate of drug-likeness (QED) is 0.615. The van der Waals surface area contributed by atoms with E-state index in [1.54, 1.807) is 38.1 Å². The smallest absolute Gasteiger partial charge is 0.326 e. The number of carboxylic acid groups (broad SMARTS) is 2. The molecule has 1 heterocycles. The first-order valence-corrected chi connectivity index (χ1v) is 8.46. The van der Waals surface area contributed by atoms with Crippen molar-refractivity contribution < 1.29 is 34.1 Å². The molecule has 1 aliphatic rings. The van der Waals surface area contributed by atoms with Gasteiger partial charge in [0.15, 0.2) is 5.60 Å². The number of carboxylic acids is 2. The standard InChI is InChI=1S/C18H22N2O7/c1-18(2)17(26)20(12-5-3-4-6-13(12)27-18)10-9-14(21)19-11(16(24)25)7-8-15(22)23/h3-6,11H,7-10H2,1-2H3,(H,19,21)(H,22,23)(H,24,25). The van der Waals surface area contributed by atoms with Crippen molar-refractivity contribution in [1.29, 1.82) is 0 Å². The minimum absolute atomic E-state index is 0.0414. The molecule has 27 heavy (non-hydrogen) atoms. The highest BCUT2D eigenvalue weighted by Gasteiger charge is 2.40. The highest BCUT2D eigenvalue weighted by Crippen LogP contribution is 2.37. The SMILES string of the molecule is CC1(C)Oc2ccccc2N(CCC(=O)NC(CCC(=O)O)C(=O)O)C1=O. The molecule has 2 amide bonds. The van der Waals surface area contributed by atoms with Crippen LogP contribution in [-0.2, 0) is 19.2 Å². The number of rotatable bonds is 8. The zero-order valence-electron chi connectivity index (χ0n) is 15.1. The molecule has 0 aromatic heterocycles. The van der Waals surface area contributed by atoms with E-state index in [0.717, 1.165) is 0 Å². The maximum atomic E-state index is 12.6. The molecule has 1 aliphatic heterocycles. The van der Waals surface area contributed by atoms with Crippen molar-refractivity contribution in [2.24, 2.45) is 0 Å². The van der Waals surface area contributed by atoms with Crippen molar-refractivity contribution in [2.45, 2.75) is 44.8 Å².